The Hall–Kier alpha value is -3.03. The van der Waals surface area contributed by atoms with Crippen LogP contribution in [0, 0.1) is 0 Å². The van der Waals surface area contributed by atoms with Crippen LogP contribution in [-0.4, -0.2) is 53.4 Å². The molecule has 0 bridgehead atoms. The highest BCUT2D eigenvalue weighted by Gasteiger charge is 2.34. The molecule has 1 saturated carbocycles. The molecule has 3 aromatic rings. The van der Waals surface area contributed by atoms with E-state index in [4.69, 9.17) is 0 Å². The fourth-order valence-corrected chi connectivity index (χ4v) is 4.02. The molecule has 2 aliphatic rings. The Morgan fingerprint density at radius 3 is 2.50 bits per heavy atom. The van der Waals surface area contributed by atoms with Crippen molar-refractivity contribution in [1.29, 1.82) is 0 Å². The van der Waals surface area contributed by atoms with Crippen molar-refractivity contribution in [2.45, 2.75) is 44.2 Å². The number of nitrogens with zero attached hydrogens (tertiary/aromatic N) is 7. The summed E-state index contributed by atoms with van der Waals surface area (Å²) in [6.07, 6.45) is 7.46. The summed E-state index contributed by atoms with van der Waals surface area (Å²) >= 11 is 0. The number of aromatic nitrogens is 6. The first-order chi connectivity index (χ1) is 13.8. The van der Waals surface area contributed by atoms with Crippen LogP contribution in [0.15, 0.2) is 43.0 Å². The smallest absolute Gasteiger partial charge is 0.253 e. The molecule has 0 N–H and O–H groups in total. The normalized spacial score (nSPS) is 17.8. The van der Waals surface area contributed by atoms with Gasteiger partial charge >= 0.3 is 0 Å². The van der Waals surface area contributed by atoms with Gasteiger partial charge < -0.3 is 9.47 Å². The highest BCUT2D eigenvalue weighted by Crippen LogP contribution is 2.40. The van der Waals surface area contributed by atoms with Crippen LogP contribution >= 0.6 is 0 Å². The van der Waals surface area contributed by atoms with E-state index < -0.39 is 0 Å². The largest absolute Gasteiger partial charge is 0.339 e. The number of carbonyl (C=O) groups is 1. The Balaban J connectivity index is 1.30. The van der Waals surface area contributed by atoms with Crippen LogP contribution in [0.3, 0.4) is 0 Å². The van der Waals surface area contributed by atoms with Crippen LogP contribution in [0.25, 0.3) is 0 Å². The van der Waals surface area contributed by atoms with E-state index in [-0.39, 0.29) is 5.91 Å². The van der Waals surface area contributed by atoms with Crippen LogP contribution in [-0.2, 0) is 6.54 Å². The fraction of sp³-hybridized carbons (Fsp3) is 0.450. The molecule has 8 nitrogen and oxygen atoms in total. The van der Waals surface area contributed by atoms with Gasteiger partial charge in [0, 0.05) is 30.6 Å². The lowest BCUT2D eigenvalue weighted by Gasteiger charge is -2.32. The summed E-state index contributed by atoms with van der Waals surface area (Å²) in [6.45, 7) is 2.11. The van der Waals surface area contributed by atoms with Crippen LogP contribution in [0.5, 0.6) is 0 Å². The maximum atomic E-state index is 12.7. The first-order valence-electron chi connectivity index (χ1n) is 9.90. The van der Waals surface area contributed by atoms with Crippen LogP contribution < -0.4 is 0 Å². The molecule has 0 unspecified atom stereocenters. The van der Waals surface area contributed by atoms with Crippen molar-refractivity contribution in [3.05, 3.63) is 60.2 Å². The zero-order chi connectivity index (χ0) is 18.9. The van der Waals surface area contributed by atoms with E-state index in [2.05, 4.69) is 24.8 Å². The molecule has 3 heterocycles. The Morgan fingerprint density at radius 1 is 1.04 bits per heavy atom. The van der Waals surface area contributed by atoms with E-state index in [0.29, 0.717) is 18.5 Å². The number of hydrogen-bond acceptors (Lipinski definition) is 5. The number of hydrogen-bond donors (Lipinski definition) is 0. The number of likely N-dealkylation sites (tertiary alicyclic amines) is 1. The summed E-state index contributed by atoms with van der Waals surface area (Å²) < 4.78 is 4.11. The number of rotatable bonds is 5. The highest BCUT2D eigenvalue weighted by atomic mass is 16.2. The van der Waals surface area contributed by atoms with E-state index in [0.717, 1.165) is 43.1 Å². The molecule has 0 radical (unpaired) electrons. The van der Waals surface area contributed by atoms with Crippen LogP contribution in [0.1, 0.15) is 59.6 Å². The van der Waals surface area contributed by atoms with Crippen molar-refractivity contribution in [1.82, 2.24) is 34.4 Å². The second kappa shape index (κ2) is 7.18. The molecule has 0 atom stereocenters. The quantitative estimate of drug-likeness (QED) is 0.681. The van der Waals surface area contributed by atoms with Gasteiger partial charge in [-0.2, -0.15) is 5.10 Å². The summed E-state index contributed by atoms with van der Waals surface area (Å²) in [5, 5.41) is 13.2. The van der Waals surface area contributed by atoms with Crippen molar-refractivity contribution in [3.8, 4) is 0 Å². The second-order valence-corrected chi connectivity index (χ2v) is 7.60. The zero-order valence-corrected chi connectivity index (χ0v) is 15.7. The lowest BCUT2D eigenvalue weighted by Crippen LogP contribution is -2.38. The molecule has 1 saturated heterocycles. The van der Waals surface area contributed by atoms with Gasteiger partial charge in [-0.3, -0.25) is 4.79 Å². The first-order valence-corrected chi connectivity index (χ1v) is 9.90. The van der Waals surface area contributed by atoms with Gasteiger partial charge in [0.1, 0.15) is 25.0 Å². The SMILES string of the molecule is O=C(c1ccccc1)N1CCC(c2nnc(Cn3cncn3)n2C2CC2)CC1. The van der Waals surface area contributed by atoms with E-state index in [9.17, 15) is 4.79 Å². The van der Waals surface area contributed by atoms with Gasteiger partial charge in [0.2, 0.25) is 0 Å². The molecule has 1 aromatic carbocycles. The van der Waals surface area contributed by atoms with Crippen LogP contribution in [0.4, 0.5) is 0 Å². The van der Waals surface area contributed by atoms with Crippen molar-refractivity contribution in [2.24, 2.45) is 0 Å². The summed E-state index contributed by atoms with van der Waals surface area (Å²) in [5.74, 6) is 2.49. The molecule has 2 aromatic heterocycles. The monoisotopic (exact) mass is 377 g/mol. The van der Waals surface area contributed by atoms with Gasteiger partial charge in [0.15, 0.2) is 5.82 Å². The van der Waals surface area contributed by atoms with Crippen molar-refractivity contribution in [2.75, 3.05) is 13.1 Å². The Morgan fingerprint density at radius 2 is 1.82 bits per heavy atom. The molecule has 0 spiro atoms. The topological polar surface area (TPSA) is 81.7 Å². The summed E-state index contributed by atoms with van der Waals surface area (Å²) in [7, 11) is 0. The third-order valence-corrected chi connectivity index (χ3v) is 5.64. The molecule has 8 heteroatoms. The lowest BCUT2D eigenvalue weighted by atomic mass is 9.95. The molecule has 1 aliphatic heterocycles. The number of amides is 1. The number of carbonyl (C=O) groups excluding carboxylic acids is 1. The molecule has 2 fully saturated rings. The van der Waals surface area contributed by atoms with E-state index in [1.165, 1.54) is 19.2 Å². The Bertz CT molecular complexity index is 938. The van der Waals surface area contributed by atoms with Gasteiger partial charge in [-0.25, -0.2) is 9.67 Å². The first kappa shape index (κ1) is 17.1. The number of benzene rings is 1. The van der Waals surface area contributed by atoms with E-state index >= 15 is 0 Å². The van der Waals surface area contributed by atoms with Crippen molar-refractivity contribution < 1.29 is 4.79 Å². The zero-order valence-electron chi connectivity index (χ0n) is 15.7. The predicted octanol–water partition coefficient (Wildman–Crippen LogP) is 2.27. The van der Waals surface area contributed by atoms with Gasteiger partial charge in [-0.15, -0.1) is 10.2 Å². The predicted molar refractivity (Wildman–Crippen MR) is 102 cm³/mol. The lowest BCUT2D eigenvalue weighted by molar-refractivity contribution is 0.0710. The average molecular weight is 377 g/mol. The maximum Gasteiger partial charge on any atom is 0.253 e. The summed E-state index contributed by atoms with van der Waals surface area (Å²) in [5.41, 5.74) is 0.761. The van der Waals surface area contributed by atoms with Crippen molar-refractivity contribution >= 4 is 5.91 Å². The van der Waals surface area contributed by atoms with Crippen LogP contribution in [0.2, 0.25) is 0 Å². The summed E-state index contributed by atoms with van der Waals surface area (Å²) in [4.78, 5) is 18.7. The second-order valence-electron chi connectivity index (χ2n) is 7.60. The fourth-order valence-electron chi connectivity index (χ4n) is 4.02. The molecular weight excluding hydrogens is 354 g/mol. The minimum absolute atomic E-state index is 0.120. The molecular formula is C20H23N7O. The molecule has 28 heavy (non-hydrogen) atoms. The van der Waals surface area contributed by atoms with Gasteiger partial charge in [-0.05, 0) is 37.8 Å². The molecule has 1 aliphatic carbocycles. The van der Waals surface area contributed by atoms with Gasteiger partial charge in [0.25, 0.3) is 5.91 Å². The maximum absolute atomic E-state index is 12.7. The standard InChI is InChI=1S/C20H23N7O/c28-20(16-4-2-1-3-5-16)25-10-8-15(9-11-25)19-24-23-18(27(19)17-6-7-17)12-26-14-21-13-22-26/h1-5,13-15,17H,6-12H2. The van der Waals surface area contributed by atoms with Gasteiger partial charge in [-0.1, -0.05) is 18.2 Å². The Kier molecular flexibility index (Phi) is 4.38. The van der Waals surface area contributed by atoms with E-state index in [1.54, 1.807) is 11.0 Å². The average Bonchev–Trinajstić information content (AvgIpc) is 3.29. The Labute approximate surface area is 163 Å². The molecule has 144 valence electrons. The minimum Gasteiger partial charge on any atom is -0.339 e. The van der Waals surface area contributed by atoms with Gasteiger partial charge in [0.05, 0.1) is 0 Å². The minimum atomic E-state index is 0.120. The molecule has 5 rings (SSSR count). The van der Waals surface area contributed by atoms with E-state index in [1.807, 2.05) is 35.2 Å². The molecule has 1 amide bonds. The third kappa shape index (κ3) is 3.30. The van der Waals surface area contributed by atoms with Crippen molar-refractivity contribution in [3.63, 3.8) is 0 Å². The highest BCUT2D eigenvalue weighted by molar-refractivity contribution is 5.94. The summed E-state index contributed by atoms with van der Waals surface area (Å²) in [6, 6.07) is 10.0. The number of piperidine rings is 1. The third-order valence-electron chi connectivity index (χ3n) is 5.64.